The van der Waals surface area contributed by atoms with Gasteiger partial charge in [0.15, 0.2) is 0 Å². The summed E-state index contributed by atoms with van der Waals surface area (Å²) in [5, 5.41) is 0. The second kappa shape index (κ2) is 8.07. The van der Waals surface area contributed by atoms with Crippen molar-refractivity contribution in [2.75, 3.05) is 18.0 Å². The van der Waals surface area contributed by atoms with Gasteiger partial charge in [-0.05, 0) is 42.7 Å². The summed E-state index contributed by atoms with van der Waals surface area (Å²) in [6.07, 6.45) is 0.657. The number of hydrogen-bond donors (Lipinski definition) is 1. The number of sulfonamides is 1. The lowest BCUT2D eigenvalue weighted by atomic mass is 9.95. The molecule has 2 aromatic carbocycles. The zero-order chi connectivity index (χ0) is 20.1. The molecule has 3 atom stereocenters. The molecule has 156 valence electrons. The maximum absolute atomic E-state index is 13.2. The molecule has 6 nitrogen and oxygen atoms in total. The maximum Gasteiger partial charge on any atom is 0.243 e. The average Bonchev–Trinajstić information content (AvgIpc) is 3.21. The highest BCUT2D eigenvalue weighted by atomic mass is 35.5. The van der Waals surface area contributed by atoms with Crippen molar-refractivity contribution in [1.82, 2.24) is 4.31 Å². The molecule has 0 aliphatic carbocycles. The van der Waals surface area contributed by atoms with Gasteiger partial charge in [0.05, 0.1) is 4.90 Å². The fourth-order valence-electron chi connectivity index (χ4n) is 4.44. The molecule has 0 spiro atoms. The van der Waals surface area contributed by atoms with Gasteiger partial charge in [-0.2, -0.15) is 4.31 Å². The van der Waals surface area contributed by atoms with Crippen LogP contribution in [-0.2, 0) is 21.2 Å². The van der Waals surface area contributed by atoms with E-state index in [2.05, 4.69) is 0 Å². The van der Waals surface area contributed by atoms with Crippen LogP contribution in [0.5, 0.6) is 0 Å². The minimum Gasteiger partial charge on any atom is -0.326 e. The highest BCUT2D eigenvalue weighted by molar-refractivity contribution is 7.89. The lowest BCUT2D eigenvalue weighted by Gasteiger charge is -2.21. The van der Waals surface area contributed by atoms with E-state index in [9.17, 15) is 13.2 Å². The molecule has 1 unspecified atom stereocenters. The number of benzene rings is 2. The van der Waals surface area contributed by atoms with Crippen LogP contribution in [0.1, 0.15) is 30.9 Å². The Morgan fingerprint density at radius 3 is 2.45 bits per heavy atom. The number of nitrogens with zero attached hydrogens (tertiary/aromatic N) is 2. The van der Waals surface area contributed by atoms with Crippen LogP contribution in [0, 0.1) is 0 Å². The van der Waals surface area contributed by atoms with E-state index in [1.165, 1.54) is 11.2 Å². The zero-order valence-corrected chi connectivity index (χ0v) is 18.1. The maximum atomic E-state index is 13.2. The van der Waals surface area contributed by atoms with Crippen molar-refractivity contribution in [2.24, 2.45) is 5.73 Å². The lowest BCUT2D eigenvalue weighted by Crippen LogP contribution is -2.33. The number of amides is 1. The monoisotopic (exact) mass is 435 g/mol. The number of carbonyl (C=O) groups is 1. The summed E-state index contributed by atoms with van der Waals surface area (Å²) in [7, 11) is -3.64. The summed E-state index contributed by atoms with van der Waals surface area (Å²) in [5.41, 5.74) is 9.05. The normalized spacial score (nSPS) is 24.2. The summed E-state index contributed by atoms with van der Waals surface area (Å²) in [5.74, 6) is -0.0447. The van der Waals surface area contributed by atoms with E-state index in [1.807, 2.05) is 37.3 Å². The second-order valence-corrected chi connectivity index (χ2v) is 9.67. The van der Waals surface area contributed by atoms with Crippen molar-refractivity contribution in [3.63, 3.8) is 0 Å². The Kier molecular flexibility index (Phi) is 6.06. The Balaban J connectivity index is 0.00000240. The van der Waals surface area contributed by atoms with Crippen LogP contribution in [0.2, 0.25) is 0 Å². The molecule has 0 saturated carbocycles. The van der Waals surface area contributed by atoms with Crippen LogP contribution in [0.15, 0.2) is 53.4 Å². The fraction of sp³-hybridized carbons (Fsp3) is 0.381. The fourth-order valence-corrected chi connectivity index (χ4v) is 5.99. The SMILES string of the molecule is CC(=O)N1c2ccc(S(=O)(=O)N3C[C@@H](N)[C@H](c4ccccc4)C3)cc2CC1C.Cl. The Morgan fingerprint density at radius 2 is 1.79 bits per heavy atom. The molecule has 4 rings (SSSR count). The molecule has 2 heterocycles. The standard InChI is InChI=1S/C21H25N3O3S.ClH/c1-14-10-17-11-18(8-9-21(17)24(14)15(2)25)28(26,27)23-12-19(20(22)13-23)16-6-4-3-5-7-16;/h3-9,11,14,19-20H,10,12-13,22H2,1-2H3;1H/t14?,19-,20+;/m0./s1. The van der Waals surface area contributed by atoms with Gasteiger partial charge in [0.25, 0.3) is 0 Å². The number of fused-ring (bicyclic) bond motifs is 1. The summed E-state index contributed by atoms with van der Waals surface area (Å²) in [6, 6.07) is 14.7. The molecular weight excluding hydrogens is 410 g/mol. The van der Waals surface area contributed by atoms with E-state index in [1.54, 1.807) is 23.1 Å². The molecular formula is C21H26ClN3O3S. The quantitative estimate of drug-likeness (QED) is 0.802. The first-order valence-corrected chi connectivity index (χ1v) is 11.0. The minimum absolute atomic E-state index is 0. The third kappa shape index (κ3) is 3.80. The first kappa shape index (κ1) is 21.8. The number of rotatable bonds is 3. The van der Waals surface area contributed by atoms with Gasteiger partial charge >= 0.3 is 0 Å². The van der Waals surface area contributed by atoms with E-state index < -0.39 is 10.0 Å². The number of carbonyl (C=O) groups excluding carboxylic acids is 1. The van der Waals surface area contributed by atoms with Crippen molar-refractivity contribution >= 4 is 34.0 Å². The van der Waals surface area contributed by atoms with Crippen LogP contribution in [0.4, 0.5) is 5.69 Å². The predicted molar refractivity (Wildman–Crippen MR) is 116 cm³/mol. The first-order valence-electron chi connectivity index (χ1n) is 9.52. The topological polar surface area (TPSA) is 83.7 Å². The Morgan fingerprint density at radius 1 is 1.10 bits per heavy atom. The van der Waals surface area contributed by atoms with Crippen molar-refractivity contribution in [3.8, 4) is 0 Å². The second-order valence-electron chi connectivity index (χ2n) is 7.74. The third-order valence-corrected chi connectivity index (χ3v) is 7.63. The average molecular weight is 436 g/mol. The van der Waals surface area contributed by atoms with Gasteiger partial charge in [-0.15, -0.1) is 12.4 Å². The van der Waals surface area contributed by atoms with Crippen LogP contribution in [-0.4, -0.2) is 43.8 Å². The minimum atomic E-state index is -3.64. The van der Waals surface area contributed by atoms with Gasteiger partial charge in [0.1, 0.15) is 0 Å². The van der Waals surface area contributed by atoms with Crippen molar-refractivity contribution in [3.05, 3.63) is 59.7 Å². The van der Waals surface area contributed by atoms with Crippen molar-refractivity contribution < 1.29 is 13.2 Å². The number of anilines is 1. The molecule has 1 fully saturated rings. The van der Waals surface area contributed by atoms with Crippen LogP contribution in [0.3, 0.4) is 0 Å². The zero-order valence-electron chi connectivity index (χ0n) is 16.5. The smallest absolute Gasteiger partial charge is 0.243 e. The van der Waals surface area contributed by atoms with Gasteiger partial charge in [0, 0.05) is 43.7 Å². The van der Waals surface area contributed by atoms with Gasteiger partial charge in [0.2, 0.25) is 15.9 Å². The van der Waals surface area contributed by atoms with E-state index in [0.717, 1.165) is 16.8 Å². The van der Waals surface area contributed by atoms with Crippen LogP contribution >= 0.6 is 12.4 Å². The number of hydrogen-bond acceptors (Lipinski definition) is 4. The van der Waals surface area contributed by atoms with E-state index in [0.29, 0.717) is 19.5 Å². The van der Waals surface area contributed by atoms with Gasteiger partial charge in [-0.25, -0.2) is 8.42 Å². The van der Waals surface area contributed by atoms with Crippen molar-refractivity contribution in [2.45, 2.75) is 43.2 Å². The molecule has 2 aliphatic heterocycles. The Hall–Kier alpha value is -1.93. The summed E-state index contributed by atoms with van der Waals surface area (Å²) < 4.78 is 28.0. The largest absolute Gasteiger partial charge is 0.326 e. The van der Waals surface area contributed by atoms with Crippen molar-refractivity contribution in [1.29, 1.82) is 0 Å². The Labute approximate surface area is 178 Å². The van der Waals surface area contributed by atoms with Gasteiger partial charge in [-0.3, -0.25) is 4.79 Å². The lowest BCUT2D eigenvalue weighted by molar-refractivity contribution is -0.116. The third-order valence-electron chi connectivity index (χ3n) is 5.80. The molecule has 0 bridgehead atoms. The highest BCUT2D eigenvalue weighted by Gasteiger charge is 2.39. The molecule has 2 aliphatic rings. The predicted octanol–water partition coefficient (Wildman–Crippen LogP) is 2.52. The molecule has 2 aromatic rings. The molecule has 8 heteroatoms. The van der Waals surface area contributed by atoms with E-state index >= 15 is 0 Å². The van der Waals surface area contributed by atoms with Crippen LogP contribution < -0.4 is 10.6 Å². The molecule has 2 N–H and O–H groups in total. The first-order chi connectivity index (χ1) is 13.3. The molecule has 0 radical (unpaired) electrons. The summed E-state index contributed by atoms with van der Waals surface area (Å²) in [6.45, 7) is 4.18. The summed E-state index contributed by atoms with van der Waals surface area (Å²) >= 11 is 0. The molecule has 29 heavy (non-hydrogen) atoms. The molecule has 1 saturated heterocycles. The van der Waals surface area contributed by atoms with Crippen LogP contribution in [0.25, 0.3) is 0 Å². The van der Waals surface area contributed by atoms with E-state index in [4.69, 9.17) is 5.73 Å². The summed E-state index contributed by atoms with van der Waals surface area (Å²) in [4.78, 5) is 13.9. The van der Waals surface area contributed by atoms with Gasteiger partial charge < -0.3 is 10.6 Å². The number of halogens is 1. The molecule has 1 amide bonds. The van der Waals surface area contributed by atoms with Gasteiger partial charge in [-0.1, -0.05) is 30.3 Å². The Bertz CT molecular complexity index is 1010. The molecule has 0 aromatic heterocycles. The number of nitrogens with two attached hydrogens (primary N) is 1. The van der Waals surface area contributed by atoms with E-state index in [-0.39, 0.29) is 41.2 Å². The highest BCUT2D eigenvalue weighted by Crippen LogP contribution is 2.36.